The lowest BCUT2D eigenvalue weighted by molar-refractivity contribution is -0.895. The maximum atomic E-state index is 13.2. The van der Waals surface area contributed by atoms with E-state index in [1.807, 2.05) is 24.8 Å². The van der Waals surface area contributed by atoms with Crippen LogP contribution in [0.25, 0.3) is 0 Å². The van der Waals surface area contributed by atoms with E-state index >= 15 is 0 Å². The molecule has 2 N–H and O–H groups in total. The molecule has 0 radical (unpaired) electrons. The van der Waals surface area contributed by atoms with E-state index < -0.39 is 0 Å². The van der Waals surface area contributed by atoms with Crippen molar-refractivity contribution in [1.82, 2.24) is 14.9 Å². The summed E-state index contributed by atoms with van der Waals surface area (Å²) in [6, 6.07) is 7.74. The van der Waals surface area contributed by atoms with Crippen LogP contribution in [0, 0.1) is 19.7 Å². The van der Waals surface area contributed by atoms with Gasteiger partial charge in [0.25, 0.3) is 5.91 Å². The number of aromatic nitrogens is 2. The minimum Gasteiger partial charge on any atom is -0.331 e. The Kier molecular flexibility index (Phi) is 7.16. The Bertz CT molecular complexity index is 867. The van der Waals surface area contributed by atoms with Gasteiger partial charge in [-0.05, 0) is 38.1 Å². The molecule has 29 heavy (non-hydrogen) atoms. The number of nitrogens with zero attached hydrogens (tertiary/aromatic N) is 3. The van der Waals surface area contributed by atoms with Gasteiger partial charge in [0.1, 0.15) is 5.82 Å². The molecule has 0 unspecified atom stereocenters. The molecule has 0 spiro atoms. The van der Waals surface area contributed by atoms with Gasteiger partial charge in [-0.3, -0.25) is 9.59 Å². The second-order valence-corrected chi connectivity index (χ2v) is 8.03. The highest BCUT2D eigenvalue weighted by Crippen LogP contribution is 2.15. The number of carbonyl (C=O) groups excluding carboxylic acids is 2. The molecule has 2 aromatic rings. The number of benzene rings is 1. The first-order valence-electron chi connectivity index (χ1n) is 9.51. The average Bonchev–Trinajstić information content (AvgIpc) is 2.66. The molecule has 0 atom stereocenters. The summed E-state index contributed by atoms with van der Waals surface area (Å²) in [5.74, 6) is -0.182. The number of rotatable bonds is 6. The molecule has 9 heteroatoms. The number of hydrogen-bond donors (Lipinski definition) is 2. The summed E-state index contributed by atoms with van der Waals surface area (Å²) in [6.45, 7) is 6.73. The zero-order valence-electron chi connectivity index (χ0n) is 16.6. The summed E-state index contributed by atoms with van der Waals surface area (Å²) in [5, 5.41) is 3.33. The number of aryl methyl sites for hydroxylation is 2. The molecule has 3 rings (SSSR count). The molecule has 1 aromatic heterocycles. The van der Waals surface area contributed by atoms with Gasteiger partial charge >= 0.3 is 0 Å². The number of anilines is 1. The van der Waals surface area contributed by atoms with Gasteiger partial charge in [-0.2, -0.15) is 0 Å². The summed E-state index contributed by atoms with van der Waals surface area (Å²) in [5.41, 5.74) is 2.23. The molecule has 1 aromatic carbocycles. The maximum Gasteiger partial charge on any atom is 0.279 e. The zero-order chi connectivity index (χ0) is 20.8. The Labute approximate surface area is 173 Å². The molecule has 1 aliphatic heterocycles. The van der Waals surface area contributed by atoms with Crippen LogP contribution in [0.5, 0.6) is 0 Å². The highest BCUT2D eigenvalue weighted by Gasteiger charge is 2.25. The van der Waals surface area contributed by atoms with Crippen LogP contribution < -0.4 is 10.2 Å². The van der Waals surface area contributed by atoms with Crippen molar-refractivity contribution in [3.8, 4) is 0 Å². The lowest BCUT2D eigenvalue weighted by Crippen LogP contribution is -3.15. The lowest BCUT2D eigenvalue weighted by Gasteiger charge is -2.31. The number of piperazine rings is 1. The Morgan fingerprint density at radius 3 is 2.52 bits per heavy atom. The van der Waals surface area contributed by atoms with Crippen molar-refractivity contribution in [3.05, 3.63) is 47.5 Å². The van der Waals surface area contributed by atoms with E-state index in [-0.39, 0.29) is 17.6 Å². The van der Waals surface area contributed by atoms with Crippen LogP contribution in [0.3, 0.4) is 0 Å². The van der Waals surface area contributed by atoms with Crippen LogP contribution in [-0.2, 0) is 9.59 Å². The monoisotopic (exact) mass is 418 g/mol. The Morgan fingerprint density at radius 1 is 1.17 bits per heavy atom. The predicted octanol–water partition coefficient (Wildman–Crippen LogP) is 0.690. The molecule has 2 heterocycles. The highest BCUT2D eigenvalue weighted by molar-refractivity contribution is 7.99. The van der Waals surface area contributed by atoms with Crippen LogP contribution in [0.1, 0.15) is 11.4 Å². The minimum atomic E-state index is -0.383. The Morgan fingerprint density at radius 2 is 1.86 bits per heavy atom. The van der Waals surface area contributed by atoms with Gasteiger partial charge in [-0.15, -0.1) is 0 Å². The molecule has 0 aliphatic carbocycles. The predicted molar refractivity (Wildman–Crippen MR) is 109 cm³/mol. The van der Waals surface area contributed by atoms with E-state index in [1.165, 1.54) is 23.9 Å². The van der Waals surface area contributed by atoms with Crippen LogP contribution >= 0.6 is 11.8 Å². The van der Waals surface area contributed by atoms with Gasteiger partial charge in [-0.1, -0.05) is 17.8 Å². The van der Waals surface area contributed by atoms with Crippen LogP contribution in [0.2, 0.25) is 0 Å². The average molecular weight is 419 g/mol. The molecule has 0 bridgehead atoms. The summed E-state index contributed by atoms with van der Waals surface area (Å²) < 4.78 is 13.2. The molecule has 7 nitrogen and oxygen atoms in total. The standard InChI is InChI=1S/C20H24FN5O2S/c1-14-10-15(2)23-20(22-14)29-13-19(28)26-8-6-25(7-9-26)12-18(27)24-17-5-3-4-16(21)11-17/h3-5,10-11H,6-9,12-13H2,1-2H3,(H,24,27)/p+1. The van der Waals surface area contributed by atoms with E-state index in [2.05, 4.69) is 15.3 Å². The van der Waals surface area contributed by atoms with E-state index in [0.29, 0.717) is 49.3 Å². The number of nitrogens with one attached hydrogen (secondary N) is 2. The molecule has 1 saturated heterocycles. The van der Waals surface area contributed by atoms with Crippen LogP contribution in [-0.4, -0.2) is 65.2 Å². The number of thioether (sulfide) groups is 1. The van der Waals surface area contributed by atoms with Crippen LogP contribution in [0.15, 0.2) is 35.5 Å². The third-order valence-electron chi connectivity index (χ3n) is 4.63. The third kappa shape index (κ3) is 6.50. The lowest BCUT2D eigenvalue weighted by atomic mass is 10.3. The Hall–Kier alpha value is -2.52. The van der Waals surface area contributed by atoms with E-state index in [0.717, 1.165) is 16.3 Å². The van der Waals surface area contributed by atoms with Crippen molar-refractivity contribution in [3.63, 3.8) is 0 Å². The second-order valence-electron chi connectivity index (χ2n) is 7.09. The quantitative estimate of drug-likeness (QED) is 0.533. The molecular weight excluding hydrogens is 393 g/mol. The molecule has 0 saturated carbocycles. The molecule has 1 aliphatic rings. The van der Waals surface area contributed by atoms with Crippen molar-refractivity contribution in [2.45, 2.75) is 19.0 Å². The summed E-state index contributed by atoms with van der Waals surface area (Å²) in [4.78, 5) is 36.3. The fourth-order valence-electron chi connectivity index (χ4n) is 3.22. The van der Waals surface area contributed by atoms with Crippen molar-refractivity contribution >= 4 is 29.3 Å². The van der Waals surface area contributed by atoms with Gasteiger partial charge in [0, 0.05) is 17.1 Å². The molecule has 154 valence electrons. The topological polar surface area (TPSA) is 79.6 Å². The molecule has 2 amide bonds. The number of carbonyl (C=O) groups is 2. The summed E-state index contributed by atoms with van der Waals surface area (Å²) in [7, 11) is 0. The van der Waals surface area contributed by atoms with Crippen molar-refractivity contribution in [2.75, 3.05) is 43.8 Å². The molecular formula is C20H25FN5O2S+. The first-order chi connectivity index (χ1) is 13.9. The number of amides is 2. The second kappa shape index (κ2) is 9.80. The SMILES string of the molecule is Cc1cc(C)nc(SCC(=O)N2CC[NH+](CC(=O)Nc3cccc(F)c3)CC2)n1. The Balaban J connectivity index is 1.41. The van der Waals surface area contributed by atoms with Crippen LogP contribution in [0.4, 0.5) is 10.1 Å². The first kappa shape index (κ1) is 21.2. The van der Waals surface area contributed by atoms with Crippen molar-refractivity contribution in [1.29, 1.82) is 0 Å². The molecule has 1 fully saturated rings. The summed E-state index contributed by atoms with van der Waals surface area (Å²) in [6.07, 6.45) is 0. The van der Waals surface area contributed by atoms with Gasteiger partial charge in [0.05, 0.1) is 31.9 Å². The van der Waals surface area contributed by atoms with E-state index in [4.69, 9.17) is 0 Å². The fourth-order valence-corrected chi connectivity index (χ4v) is 4.08. The number of quaternary nitrogens is 1. The maximum absolute atomic E-state index is 13.2. The van der Waals surface area contributed by atoms with Gasteiger partial charge in [0.15, 0.2) is 11.7 Å². The van der Waals surface area contributed by atoms with E-state index in [1.54, 1.807) is 12.1 Å². The van der Waals surface area contributed by atoms with Crippen molar-refractivity contribution < 1.29 is 18.9 Å². The number of halogens is 1. The third-order valence-corrected chi connectivity index (χ3v) is 5.46. The number of hydrogen-bond acceptors (Lipinski definition) is 5. The van der Waals surface area contributed by atoms with Gasteiger partial charge < -0.3 is 15.1 Å². The fraction of sp³-hybridized carbons (Fsp3) is 0.400. The van der Waals surface area contributed by atoms with Gasteiger partial charge in [-0.25, -0.2) is 14.4 Å². The van der Waals surface area contributed by atoms with Gasteiger partial charge in [0.2, 0.25) is 5.91 Å². The van der Waals surface area contributed by atoms with E-state index in [9.17, 15) is 14.0 Å². The first-order valence-corrected chi connectivity index (χ1v) is 10.5. The zero-order valence-corrected chi connectivity index (χ0v) is 17.4. The highest BCUT2D eigenvalue weighted by atomic mass is 32.2. The summed E-state index contributed by atoms with van der Waals surface area (Å²) >= 11 is 1.35. The largest absolute Gasteiger partial charge is 0.331 e. The van der Waals surface area contributed by atoms with Crippen molar-refractivity contribution in [2.24, 2.45) is 0 Å². The minimum absolute atomic E-state index is 0.0565. The smallest absolute Gasteiger partial charge is 0.279 e. The normalized spacial score (nSPS) is 14.7.